The van der Waals surface area contributed by atoms with E-state index >= 15 is 0 Å². The van der Waals surface area contributed by atoms with Crippen molar-refractivity contribution >= 4 is 0 Å². The zero-order valence-corrected chi connectivity index (χ0v) is 12.5. The quantitative estimate of drug-likeness (QED) is 0.761. The first kappa shape index (κ1) is 15.2. The van der Waals surface area contributed by atoms with Crippen LogP contribution in [0.4, 0.5) is 0 Å². The molecule has 0 aliphatic carbocycles. The Bertz CT molecular complexity index is 578. The number of hydrogen-bond acceptors (Lipinski definition) is 6. The van der Waals surface area contributed by atoms with Crippen LogP contribution in [0.3, 0.4) is 0 Å². The average molecular weight is 290 g/mol. The van der Waals surface area contributed by atoms with Crippen LogP contribution in [0.1, 0.15) is 12.0 Å². The third-order valence-corrected chi connectivity index (χ3v) is 2.96. The third-order valence-electron chi connectivity index (χ3n) is 2.96. The van der Waals surface area contributed by atoms with E-state index in [1.807, 2.05) is 12.1 Å². The molecule has 2 rings (SSSR count). The molecule has 0 bridgehead atoms. The number of rotatable bonds is 6. The molecule has 1 aromatic carbocycles. The minimum atomic E-state index is -0.528. The summed E-state index contributed by atoms with van der Waals surface area (Å²) in [6.45, 7) is 0. The maximum Gasteiger partial charge on any atom is 0.200 e. The first-order valence-corrected chi connectivity index (χ1v) is 6.33. The normalized spacial score (nSPS) is 10.7. The SMILES string of the molecule is COc1cc(OC)cc(-c2nccc(C(OC)OC)n2)c1. The van der Waals surface area contributed by atoms with Gasteiger partial charge in [-0.3, -0.25) is 0 Å². The van der Waals surface area contributed by atoms with E-state index in [-0.39, 0.29) is 0 Å². The van der Waals surface area contributed by atoms with Crippen LogP contribution in [0.15, 0.2) is 30.5 Å². The highest BCUT2D eigenvalue weighted by Crippen LogP contribution is 2.28. The van der Waals surface area contributed by atoms with Gasteiger partial charge in [0.2, 0.25) is 6.29 Å². The van der Waals surface area contributed by atoms with E-state index in [1.54, 1.807) is 46.8 Å². The molecule has 0 aliphatic heterocycles. The molecule has 0 unspecified atom stereocenters. The van der Waals surface area contributed by atoms with Crippen molar-refractivity contribution in [3.63, 3.8) is 0 Å². The third kappa shape index (κ3) is 3.48. The molecule has 1 aromatic heterocycles. The number of benzene rings is 1. The number of ether oxygens (including phenoxy) is 4. The Balaban J connectivity index is 2.44. The van der Waals surface area contributed by atoms with Crippen LogP contribution < -0.4 is 9.47 Å². The van der Waals surface area contributed by atoms with Gasteiger partial charge in [-0.2, -0.15) is 0 Å². The zero-order valence-electron chi connectivity index (χ0n) is 12.5. The molecule has 6 nitrogen and oxygen atoms in total. The van der Waals surface area contributed by atoms with Gasteiger partial charge in [-0.25, -0.2) is 9.97 Å². The highest BCUT2D eigenvalue weighted by Gasteiger charge is 2.13. The van der Waals surface area contributed by atoms with E-state index in [4.69, 9.17) is 18.9 Å². The Morgan fingerprint density at radius 1 is 0.905 bits per heavy atom. The number of aromatic nitrogens is 2. The Morgan fingerprint density at radius 3 is 2.05 bits per heavy atom. The standard InChI is InChI=1S/C15H18N2O4/c1-18-11-7-10(8-12(9-11)19-2)14-16-6-5-13(17-14)15(20-3)21-4/h5-9,15H,1-4H3. The van der Waals surface area contributed by atoms with Gasteiger partial charge in [-0.05, 0) is 18.2 Å². The molecule has 0 amide bonds. The second kappa shape index (κ2) is 7.01. The highest BCUT2D eigenvalue weighted by atomic mass is 16.7. The van der Waals surface area contributed by atoms with E-state index < -0.39 is 6.29 Å². The molecule has 112 valence electrons. The van der Waals surface area contributed by atoms with Crippen LogP contribution in [0.25, 0.3) is 11.4 Å². The van der Waals surface area contributed by atoms with Crippen molar-refractivity contribution in [2.24, 2.45) is 0 Å². The van der Waals surface area contributed by atoms with Gasteiger partial charge >= 0.3 is 0 Å². The van der Waals surface area contributed by atoms with E-state index in [1.165, 1.54) is 0 Å². The van der Waals surface area contributed by atoms with Gasteiger partial charge in [0.1, 0.15) is 17.2 Å². The summed E-state index contributed by atoms with van der Waals surface area (Å²) in [6, 6.07) is 7.23. The van der Waals surface area contributed by atoms with Crippen molar-refractivity contribution in [3.05, 3.63) is 36.2 Å². The highest BCUT2D eigenvalue weighted by molar-refractivity contribution is 5.60. The lowest BCUT2D eigenvalue weighted by molar-refractivity contribution is -0.108. The number of nitrogens with zero attached hydrogens (tertiary/aromatic N) is 2. The minimum absolute atomic E-state index is 0.528. The van der Waals surface area contributed by atoms with Crippen LogP contribution in [0, 0.1) is 0 Å². The molecule has 6 heteroatoms. The first-order valence-electron chi connectivity index (χ1n) is 6.33. The van der Waals surface area contributed by atoms with Gasteiger partial charge in [0.15, 0.2) is 5.82 Å². The van der Waals surface area contributed by atoms with Gasteiger partial charge in [-0.1, -0.05) is 0 Å². The Hall–Kier alpha value is -2.18. The molecule has 0 spiro atoms. The summed E-state index contributed by atoms with van der Waals surface area (Å²) in [5.74, 6) is 1.89. The van der Waals surface area contributed by atoms with Crippen molar-refractivity contribution in [1.82, 2.24) is 9.97 Å². The summed E-state index contributed by atoms with van der Waals surface area (Å²) in [6.07, 6.45) is 1.13. The summed E-state index contributed by atoms with van der Waals surface area (Å²) in [7, 11) is 6.32. The molecule has 21 heavy (non-hydrogen) atoms. The zero-order chi connectivity index (χ0) is 15.2. The maximum atomic E-state index is 5.25. The fourth-order valence-electron chi connectivity index (χ4n) is 1.92. The topological polar surface area (TPSA) is 62.7 Å². The predicted octanol–water partition coefficient (Wildman–Crippen LogP) is 2.45. The largest absolute Gasteiger partial charge is 0.497 e. The van der Waals surface area contributed by atoms with E-state index in [0.717, 1.165) is 5.56 Å². The van der Waals surface area contributed by atoms with Gasteiger partial charge < -0.3 is 18.9 Å². The molecule has 1 heterocycles. The van der Waals surface area contributed by atoms with Crippen molar-refractivity contribution in [2.75, 3.05) is 28.4 Å². The Morgan fingerprint density at radius 2 is 1.52 bits per heavy atom. The van der Waals surface area contributed by atoms with Crippen LogP contribution >= 0.6 is 0 Å². The van der Waals surface area contributed by atoms with Gasteiger partial charge in [0, 0.05) is 32.0 Å². The lowest BCUT2D eigenvalue weighted by Gasteiger charge is -2.13. The fourth-order valence-corrected chi connectivity index (χ4v) is 1.92. The minimum Gasteiger partial charge on any atom is -0.497 e. The molecule has 0 saturated heterocycles. The number of methoxy groups -OCH3 is 4. The van der Waals surface area contributed by atoms with E-state index in [9.17, 15) is 0 Å². The monoisotopic (exact) mass is 290 g/mol. The van der Waals surface area contributed by atoms with Crippen LogP contribution in [0.2, 0.25) is 0 Å². The van der Waals surface area contributed by atoms with Gasteiger partial charge in [0.25, 0.3) is 0 Å². The Kier molecular flexibility index (Phi) is 5.08. The van der Waals surface area contributed by atoms with Crippen molar-refractivity contribution in [3.8, 4) is 22.9 Å². The molecular weight excluding hydrogens is 272 g/mol. The summed E-state index contributed by atoms with van der Waals surface area (Å²) in [5, 5.41) is 0. The molecule has 0 fully saturated rings. The fraction of sp³-hybridized carbons (Fsp3) is 0.333. The summed E-state index contributed by atoms with van der Waals surface area (Å²) < 4.78 is 20.9. The Labute approximate surface area is 123 Å². The van der Waals surface area contributed by atoms with Gasteiger partial charge in [0.05, 0.1) is 14.2 Å². The van der Waals surface area contributed by atoms with E-state index in [0.29, 0.717) is 23.0 Å². The summed E-state index contributed by atoms with van der Waals surface area (Å²) >= 11 is 0. The van der Waals surface area contributed by atoms with Crippen molar-refractivity contribution in [2.45, 2.75) is 6.29 Å². The lowest BCUT2D eigenvalue weighted by atomic mass is 10.2. The molecule has 0 aliphatic rings. The maximum absolute atomic E-state index is 5.25. The number of hydrogen-bond donors (Lipinski definition) is 0. The van der Waals surface area contributed by atoms with Crippen molar-refractivity contribution in [1.29, 1.82) is 0 Å². The lowest BCUT2D eigenvalue weighted by Crippen LogP contribution is -2.07. The molecule has 0 saturated carbocycles. The molecule has 0 radical (unpaired) electrons. The predicted molar refractivity (Wildman–Crippen MR) is 77.3 cm³/mol. The average Bonchev–Trinajstić information content (AvgIpc) is 2.55. The van der Waals surface area contributed by atoms with E-state index in [2.05, 4.69) is 9.97 Å². The molecular formula is C15H18N2O4. The smallest absolute Gasteiger partial charge is 0.200 e. The molecule has 0 N–H and O–H groups in total. The van der Waals surface area contributed by atoms with Crippen LogP contribution in [-0.4, -0.2) is 38.4 Å². The molecule has 0 atom stereocenters. The van der Waals surface area contributed by atoms with Crippen molar-refractivity contribution < 1.29 is 18.9 Å². The second-order valence-corrected chi connectivity index (χ2v) is 4.21. The second-order valence-electron chi connectivity index (χ2n) is 4.21. The summed E-state index contributed by atoms with van der Waals surface area (Å²) in [4.78, 5) is 8.74. The van der Waals surface area contributed by atoms with Crippen LogP contribution in [0.5, 0.6) is 11.5 Å². The summed E-state index contributed by atoms with van der Waals surface area (Å²) in [5.41, 5.74) is 1.44. The van der Waals surface area contributed by atoms with Crippen LogP contribution in [-0.2, 0) is 9.47 Å². The molecule has 2 aromatic rings. The first-order chi connectivity index (χ1) is 10.2. The van der Waals surface area contributed by atoms with Gasteiger partial charge in [-0.15, -0.1) is 0 Å².